The molecule has 0 aliphatic heterocycles. The first-order valence-corrected chi connectivity index (χ1v) is 6.62. The summed E-state index contributed by atoms with van der Waals surface area (Å²) in [7, 11) is 0. The van der Waals surface area contributed by atoms with Crippen LogP contribution in [0, 0.1) is 6.92 Å². The van der Waals surface area contributed by atoms with Gasteiger partial charge in [0.15, 0.2) is 11.0 Å². The molecule has 0 spiro atoms. The van der Waals surface area contributed by atoms with Gasteiger partial charge in [0.25, 0.3) is 0 Å². The molecule has 0 unspecified atom stereocenters. The predicted molar refractivity (Wildman–Crippen MR) is 66.7 cm³/mol. The molecule has 0 saturated heterocycles. The summed E-state index contributed by atoms with van der Waals surface area (Å²) >= 11 is 0.847. The third kappa shape index (κ3) is 4.77. The Bertz CT molecular complexity index is 624. The number of aromatic nitrogens is 4. The summed E-state index contributed by atoms with van der Waals surface area (Å²) in [5, 5.41) is 13.0. The van der Waals surface area contributed by atoms with Crippen molar-refractivity contribution in [2.75, 3.05) is 11.1 Å². The standard InChI is InChI=1S/C10H10F3N5O2S/c1-6-2-7(17-20-6)15-8(19)3-21-9-16-14-5-18(9)4-10(11,12)13/h2,5H,3-4H2,1H3,(H,15,17,19). The summed E-state index contributed by atoms with van der Waals surface area (Å²) < 4.78 is 42.5. The lowest BCUT2D eigenvalue weighted by Gasteiger charge is -2.08. The first kappa shape index (κ1) is 15.4. The Morgan fingerprint density at radius 2 is 2.29 bits per heavy atom. The maximum Gasteiger partial charge on any atom is 0.406 e. The van der Waals surface area contributed by atoms with Crippen LogP contribution in [0.4, 0.5) is 19.0 Å². The van der Waals surface area contributed by atoms with Crippen molar-refractivity contribution in [1.29, 1.82) is 0 Å². The second-order valence-corrected chi connectivity index (χ2v) is 4.96. The van der Waals surface area contributed by atoms with Crippen molar-refractivity contribution in [2.45, 2.75) is 24.8 Å². The van der Waals surface area contributed by atoms with Gasteiger partial charge >= 0.3 is 6.18 Å². The van der Waals surface area contributed by atoms with Crippen LogP contribution in [0.3, 0.4) is 0 Å². The molecule has 7 nitrogen and oxygen atoms in total. The monoisotopic (exact) mass is 321 g/mol. The molecule has 0 aliphatic carbocycles. The lowest BCUT2D eigenvalue weighted by atomic mass is 10.5. The second-order valence-electron chi connectivity index (χ2n) is 4.02. The van der Waals surface area contributed by atoms with E-state index < -0.39 is 18.6 Å². The molecule has 0 radical (unpaired) electrons. The minimum absolute atomic E-state index is 0.0128. The molecule has 0 atom stereocenters. The normalized spacial score (nSPS) is 11.6. The number of nitrogens with zero attached hydrogens (tertiary/aromatic N) is 4. The lowest BCUT2D eigenvalue weighted by Crippen LogP contribution is -2.19. The van der Waals surface area contributed by atoms with Crippen LogP contribution in [-0.4, -0.2) is 37.8 Å². The number of rotatable bonds is 5. The third-order valence-corrected chi connectivity index (χ3v) is 3.14. The van der Waals surface area contributed by atoms with Gasteiger partial charge in [-0.3, -0.25) is 9.36 Å². The predicted octanol–water partition coefficient (Wildman–Crippen LogP) is 1.87. The molecule has 0 bridgehead atoms. The molecule has 0 fully saturated rings. The van der Waals surface area contributed by atoms with Crippen LogP contribution in [0.15, 0.2) is 22.1 Å². The Morgan fingerprint density at radius 1 is 1.52 bits per heavy atom. The number of amides is 1. The molecule has 114 valence electrons. The fourth-order valence-electron chi connectivity index (χ4n) is 1.39. The molecule has 1 amide bonds. The maximum atomic E-state index is 12.3. The summed E-state index contributed by atoms with van der Waals surface area (Å²) in [5.41, 5.74) is 0. The van der Waals surface area contributed by atoms with E-state index in [2.05, 4.69) is 20.7 Å². The Hall–Kier alpha value is -2.04. The van der Waals surface area contributed by atoms with E-state index in [1.54, 1.807) is 6.92 Å². The van der Waals surface area contributed by atoms with Gasteiger partial charge in [-0.25, -0.2) is 0 Å². The number of aryl methyl sites for hydroxylation is 1. The third-order valence-electron chi connectivity index (χ3n) is 2.16. The topological polar surface area (TPSA) is 85.8 Å². The van der Waals surface area contributed by atoms with Crippen LogP contribution in [-0.2, 0) is 11.3 Å². The van der Waals surface area contributed by atoms with E-state index in [9.17, 15) is 18.0 Å². The first-order chi connectivity index (χ1) is 9.83. The molecule has 2 heterocycles. The molecule has 2 aromatic rings. The molecule has 0 aliphatic rings. The largest absolute Gasteiger partial charge is 0.406 e. The van der Waals surface area contributed by atoms with Crippen molar-refractivity contribution in [3.8, 4) is 0 Å². The van der Waals surface area contributed by atoms with E-state index in [4.69, 9.17) is 4.52 Å². The number of nitrogens with one attached hydrogen (secondary N) is 1. The Balaban J connectivity index is 1.88. The zero-order valence-electron chi connectivity index (χ0n) is 10.7. The van der Waals surface area contributed by atoms with Gasteiger partial charge in [-0.05, 0) is 6.92 Å². The van der Waals surface area contributed by atoms with E-state index >= 15 is 0 Å². The molecule has 2 rings (SSSR count). The maximum absolute atomic E-state index is 12.3. The lowest BCUT2D eigenvalue weighted by molar-refractivity contribution is -0.142. The number of halogens is 3. The zero-order chi connectivity index (χ0) is 15.5. The van der Waals surface area contributed by atoms with Crippen molar-refractivity contribution in [3.63, 3.8) is 0 Å². The van der Waals surface area contributed by atoms with Gasteiger partial charge in [0.05, 0.1) is 5.75 Å². The van der Waals surface area contributed by atoms with Crippen LogP contribution >= 0.6 is 11.8 Å². The molecule has 2 aromatic heterocycles. The minimum atomic E-state index is -4.38. The number of hydrogen-bond donors (Lipinski definition) is 1. The van der Waals surface area contributed by atoms with Gasteiger partial charge < -0.3 is 9.84 Å². The number of alkyl halides is 3. The van der Waals surface area contributed by atoms with Gasteiger partial charge in [-0.15, -0.1) is 10.2 Å². The van der Waals surface area contributed by atoms with E-state index in [-0.39, 0.29) is 16.7 Å². The highest BCUT2D eigenvalue weighted by atomic mass is 32.2. The minimum Gasteiger partial charge on any atom is -0.360 e. The Morgan fingerprint density at radius 3 is 2.90 bits per heavy atom. The summed E-state index contributed by atoms with van der Waals surface area (Å²) in [4.78, 5) is 11.6. The van der Waals surface area contributed by atoms with Crippen LogP contribution in [0.5, 0.6) is 0 Å². The van der Waals surface area contributed by atoms with Crippen LogP contribution in [0.2, 0.25) is 0 Å². The fourth-order valence-corrected chi connectivity index (χ4v) is 2.11. The zero-order valence-corrected chi connectivity index (χ0v) is 11.5. The van der Waals surface area contributed by atoms with Crippen LogP contribution < -0.4 is 5.32 Å². The number of thioether (sulfide) groups is 1. The van der Waals surface area contributed by atoms with Crippen molar-refractivity contribution in [1.82, 2.24) is 19.9 Å². The van der Waals surface area contributed by atoms with E-state index in [1.165, 1.54) is 6.07 Å². The Kier molecular flexibility index (Phi) is 4.50. The average molecular weight is 321 g/mol. The quantitative estimate of drug-likeness (QED) is 0.846. The highest BCUT2D eigenvalue weighted by Crippen LogP contribution is 2.22. The molecule has 0 aromatic carbocycles. The van der Waals surface area contributed by atoms with Gasteiger partial charge in [0, 0.05) is 6.07 Å². The van der Waals surface area contributed by atoms with Crippen LogP contribution in [0.25, 0.3) is 0 Å². The number of carbonyl (C=O) groups is 1. The van der Waals surface area contributed by atoms with Crippen molar-refractivity contribution < 1.29 is 22.5 Å². The molecule has 0 saturated carbocycles. The smallest absolute Gasteiger partial charge is 0.360 e. The van der Waals surface area contributed by atoms with Crippen molar-refractivity contribution in [3.05, 3.63) is 18.2 Å². The number of anilines is 1. The number of carbonyl (C=O) groups excluding carboxylic acids is 1. The van der Waals surface area contributed by atoms with Crippen molar-refractivity contribution in [2.24, 2.45) is 0 Å². The summed E-state index contributed by atoms with van der Waals surface area (Å²) in [5.74, 6) is 0.218. The van der Waals surface area contributed by atoms with E-state index in [0.29, 0.717) is 5.76 Å². The molecule has 1 N–H and O–H groups in total. The number of hydrogen-bond acceptors (Lipinski definition) is 6. The van der Waals surface area contributed by atoms with Crippen LogP contribution in [0.1, 0.15) is 5.76 Å². The summed E-state index contributed by atoms with van der Waals surface area (Å²) in [6.07, 6.45) is -3.41. The van der Waals surface area contributed by atoms with E-state index in [0.717, 1.165) is 22.7 Å². The van der Waals surface area contributed by atoms with Gasteiger partial charge in [-0.1, -0.05) is 16.9 Å². The molecular formula is C10H10F3N5O2S. The second kappa shape index (κ2) is 6.16. The van der Waals surface area contributed by atoms with Gasteiger partial charge in [0.1, 0.15) is 18.6 Å². The van der Waals surface area contributed by atoms with E-state index in [1.807, 2.05) is 0 Å². The van der Waals surface area contributed by atoms with Gasteiger partial charge in [-0.2, -0.15) is 13.2 Å². The average Bonchev–Trinajstić information content (AvgIpc) is 2.94. The SMILES string of the molecule is Cc1cc(NC(=O)CSc2nncn2CC(F)(F)F)no1. The highest BCUT2D eigenvalue weighted by Gasteiger charge is 2.29. The molecular weight excluding hydrogens is 311 g/mol. The highest BCUT2D eigenvalue weighted by molar-refractivity contribution is 7.99. The van der Waals surface area contributed by atoms with Gasteiger partial charge in [0.2, 0.25) is 5.91 Å². The molecule has 21 heavy (non-hydrogen) atoms. The Labute approximate surface area is 120 Å². The van der Waals surface area contributed by atoms with Crippen molar-refractivity contribution >= 4 is 23.5 Å². The summed E-state index contributed by atoms with van der Waals surface area (Å²) in [6.45, 7) is 0.462. The first-order valence-electron chi connectivity index (χ1n) is 5.64. The fraction of sp³-hybridized carbons (Fsp3) is 0.400. The molecule has 11 heteroatoms. The summed E-state index contributed by atoms with van der Waals surface area (Å²) in [6, 6.07) is 1.52.